The highest BCUT2D eigenvalue weighted by Gasteiger charge is 2.27. The van der Waals surface area contributed by atoms with E-state index in [0.29, 0.717) is 25.6 Å². The second-order valence-electron chi connectivity index (χ2n) is 6.19. The fourth-order valence-electron chi connectivity index (χ4n) is 2.33. The summed E-state index contributed by atoms with van der Waals surface area (Å²) < 4.78 is 0. The Hall–Kier alpha value is -1.36. The molecule has 3 amide bonds. The number of carbonyl (C=O) groups is 2. The molecule has 0 aromatic carbocycles. The van der Waals surface area contributed by atoms with Crippen LogP contribution in [0.3, 0.4) is 0 Å². The normalized spacial score (nSPS) is 15.0. The first-order valence-corrected chi connectivity index (χ1v) is 8.96. The molecule has 1 aliphatic rings. The smallest absolute Gasteiger partial charge is 0.324 e. The Morgan fingerprint density at radius 3 is 2.72 bits per heavy atom. The van der Waals surface area contributed by atoms with E-state index >= 15 is 0 Å². The van der Waals surface area contributed by atoms with Crippen molar-refractivity contribution in [2.75, 3.05) is 32.7 Å². The highest BCUT2D eigenvalue weighted by Crippen LogP contribution is 2.27. The van der Waals surface area contributed by atoms with Crippen LogP contribution < -0.4 is 16.0 Å². The Kier molecular flexibility index (Phi) is 8.63. The molecule has 1 fully saturated rings. The number of hydrogen-bond acceptors (Lipinski definition) is 4. The maximum atomic E-state index is 11.5. The van der Waals surface area contributed by atoms with E-state index in [-0.39, 0.29) is 47.9 Å². The van der Waals surface area contributed by atoms with Crippen LogP contribution in [0.2, 0.25) is 0 Å². The Morgan fingerprint density at radius 1 is 1.40 bits per heavy atom. The minimum atomic E-state index is -0.331. The van der Waals surface area contributed by atoms with Crippen LogP contribution in [-0.4, -0.2) is 55.5 Å². The molecule has 1 aliphatic heterocycles. The van der Waals surface area contributed by atoms with Gasteiger partial charge in [0.15, 0.2) is 5.96 Å². The van der Waals surface area contributed by atoms with E-state index in [0.717, 1.165) is 6.54 Å². The summed E-state index contributed by atoms with van der Waals surface area (Å²) in [6.45, 7) is 8.59. The Labute approximate surface area is 169 Å². The zero-order chi connectivity index (χ0) is 17.6. The van der Waals surface area contributed by atoms with Gasteiger partial charge in [0.25, 0.3) is 0 Å². The summed E-state index contributed by atoms with van der Waals surface area (Å²) in [6, 6.07) is 3.84. The van der Waals surface area contributed by atoms with Crippen molar-refractivity contribution in [2.45, 2.75) is 26.2 Å². The molecule has 1 aromatic heterocycles. The summed E-state index contributed by atoms with van der Waals surface area (Å²) in [5, 5.41) is 10.9. The monoisotopic (exact) mass is 479 g/mol. The molecular formula is C16H26IN5O2S. The number of halogens is 1. The van der Waals surface area contributed by atoms with Gasteiger partial charge in [-0.2, -0.15) is 0 Å². The number of thiophene rings is 1. The van der Waals surface area contributed by atoms with E-state index in [1.165, 1.54) is 9.78 Å². The zero-order valence-electron chi connectivity index (χ0n) is 14.8. The number of guanidine groups is 1. The van der Waals surface area contributed by atoms with E-state index in [1.807, 2.05) is 13.0 Å². The molecule has 0 aliphatic carbocycles. The lowest BCUT2D eigenvalue weighted by Crippen LogP contribution is -2.43. The number of aliphatic imine (C=N–C) groups is 1. The molecule has 0 unspecified atom stereocenters. The first-order chi connectivity index (χ1) is 11.4. The minimum Gasteiger partial charge on any atom is -0.357 e. The van der Waals surface area contributed by atoms with Gasteiger partial charge in [0.05, 0.1) is 13.1 Å². The zero-order valence-corrected chi connectivity index (χ0v) is 17.9. The number of amides is 3. The van der Waals surface area contributed by atoms with E-state index in [4.69, 9.17) is 0 Å². The van der Waals surface area contributed by atoms with Crippen LogP contribution in [0.5, 0.6) is 0 Å². The number of rotatable bonds is 7. The van der Waals surface area contributed by atoms with Crippen molar-refractivity contribution < 1.29 is 9.59 Å². The molecule has 2 rings (SSSR count). The molecule has 0 bridgehead atoms. The molecule has 0 radical (unpaired) electrons. The van der Waals surface area contributed by atoms with Crippen LogP contribution in [-0.2, 0) is 10.2 Å². The van der Waals surface area contributed by atoms with E-state index in [9.17, 15) is 9.59 Å². The molecule has 0 saturated carbocycles. The quantitative estimate of drug-likeness (QED) is 0.241. The van der Waals surface area contributed by atoms with Crippen molar-refractivity contribution >= 4 is 53.2 Å². The maximum absolute atomic E-state index is 11.5. The fraction of sp³-hybridized carbons (Fsp3) is 0.562. The van der Waals surface area contributed by atoms with Gasteiger partial charge >= 0.3 is 6.03 Å². The Balaban J connectivity index is 0.00000312. The summed E-state index contributed by atoms with van der Waals surface area (Å²) in [6.07, 6.45) is 0. The molecule has 9 heteroatoms. The van der Waals surface area contributed by atoms with Gasteiger partial charge in [0.1, 0.15) is 0 Å². The molecule has 3 N–H and O–H groups in total. The first-order valence-electron chi connectivity index (χ1n) is 8.08. The van der Waals surface area contributed by atoms with Crippen LogP contribution in [0.15, 0.2) is 22.5 Å². The van der Waals surface area contributed by atoms with Crippen molar-refractivity contribution in [3.8, 4) is 0 Å². The topological polar surface area (TPSA) is 85.8 Å². The van der Waals surface area contributed by atoms with Crippen molar-refractivity contribution in [1.82, 2.24) is 20.9 Å². The largest absolute Gasteiger partial charge is 0.357 e. The third-order valence-corrected chi connectivity index (χ3v) is 4.97. The molecule has 25 heavy (non-hydrogen) atoms. The Bertz CT molecular complexity index is 588. The number of imide groups is 1. The van der Waals surface area contributed by atoms with E-state index in [2.05, 4.69) is 46.2 Å². The molecule has 2 heterocycles. The van der Waals surface area contributed by atoms with Crippen molar-refractivity contribution in [1.29, 1.82) is 0 Å². The summed E-state index contributed by atoms with van der Waals surface area (Å²) in [4.78, 5) is 30.2. The lowest BCUT2D eigenvalue weighted by atomic mass is 9.92. The molecule has 140 valence electrons. The summed E-state index contributed by atoms with van der Waals surface area (Å²) in [5.74, 6) is 0.497. The highest BCUT2D eigenvalue weighted by molar-refractivity contribution is 14.0. The van der Waals surface area contributed by atoms with Crippen LogP contribution >= 0.6 is 35.3 Å². The Morgan fingerprint density at radius 2 is 2.16 bits per heavy atom. The predicted molar refractivity (Wildman–Crippen MR) is 112 cm³/mol. The van der Waals surface area contributed by atoms with Gasteiger partial charge in [0.2, 0.25) is 5.91 Å². The van der Waals surface area contributed by atoms with E-state index < -0.39 is 0 Å². The average molecular weight is 479 g/mol. The number of carbonyl (C=O) groups excluding carboxylic acids is 2. The second-order valence-corrected chi connectivity index (χ2v) is 7.13. The van der Waals surface area contributed by atoms with Crippen LogP contribution in [0.4, 0.5) is 4.79 Å². The lowest BCUT2D eigenvalue weighted by molar-refractivity contribution is -0.124. The van der Waals surface area contributed by atoms with E-state index in [1.54, 1.807) is 11.3 Å². The summed E-state index contributed by atoms with van der Waals surface area (Å²) >= 11 is 1.73. The van der Waals surface area contributed by atoms with Gasteiger partial charge in [-0.05, 0) is 18.4 Å². The molecule has 1 aromatic rings. The van der Waals surface area contributed by atoms with Gasteiger partial charge in [-0.1, -0.05) is 19.9 Å². The standard InChI is InChI=1S/C16H25N5O2S.HI/c1-4-17-14(18-7-8-21-13(22)10-19-15(21)23)20-11-16(2,3)12-6-5-9-24-12;/h5-6,9H,4,7-8,10-11H2,1-3H3,(H,19,23)(H2,17,18,20);1H. The van der Waals surface area contributed by atoms with Gasteiger partial charge in [0, 0.05) is 29.9 Å². The molecule has 1 saturated heterocycles. The molecule has 0 spiro atoms. The third-order valence-electron chi connectivity index (χ3n) is 3.73. The van der Waals surface area contributed by atoms with Gasteiger partial charge in [-0.15, -0.1) is 35.3 Å². The van der Waals surface area contributed by atoms with Crippen LogP contribution in [0.25, 0.3) is 0 Å². The summed E-state index contributed by atoms with van der Waals surface area (Å²) in [5.41, 5.74) is -0.0404. The number of hydrogen-bond donors (Lipinski definition) is 3. The molecule has 7 nitrogen and oxygen atoms in total. The number of nitrogens with one attached hydrogen (secondary N) is 3. The third kappa shape index (κ3) is 6.14. The average Bonchev–Trinajstić information content (AvgIpc) is 3.18. The van der Waals surface area contributed by atoms with Crippen molar-refractivity contribution in [3.05, 3.63) is 22.4 Å². The number of urea groups is 1. The van der Waals surface area contributed by atoms with Gasteiger partial charge in [-0.25, -0.2) is 4.79 Å². The van der Waals surface area contributed by atoms with Crippen molar-refractivity contribution in [2.24, 2.45) is 4.99 Å². The fourth-order valence-corrected chi connectivity index (χ4v) is 3.17. The second kappa shape index (κ2) is 9.95. The highest BCUT2D eigenvalue weighted by atomic mass is 127. The number of nitrogens with zero attached hydrogens (tertiary/aromatic N) is 2. The van der Waals surface area contributed by atoms with Gasteiger partial charge in [-0.3, -0.25) is 14.7 Å². The lowest BCUT2D eigenvalue weighted by Gasteiger charge is -2.22. The maximum Gasteiger partial charge on any atom is 0.324 e. The van der Waals surface area contributed by atoms with Crippen molar-refractivity contribution in [3.63, 3.8) is 0 Å². The molecule has 0 atom stereocenters. The first kappa shape index (κ1) is 21.7. The van der Waals surface area contributed by atoms with Gasteiger partial charge < -0.3 is 16.0 Å². The summed E-state index contributed by atoms with van der Waals surface area (Å²) in [7, 11) is 0. The SMILES string of the molecule is CCNC(=NCC(C)(C)c1cccs1)NCCN1C(=O)CNC1=O.I. The molecular weight excluding hydrogens is 453 g/mol. The van der Waals surface area contributed by atoms with Crippen LogP contribution in [0, 0.1) is 0 Å². The predicted octanol–water partition coefficient (Wildman–Crippen LogP) is 1.75. The minimum absolute atomic E-state index is 0. The van der Waals surface area contributed by atoms with Crippen LogP contribution in [0.1, 0.15) is 25.6 Å².